The Labute approximate surface area is 215 Å². The summed E-state index contributed by atoms with van der Waals surface area (Å²) in [4.78, 5) is 56.6. The van der Waals surface area contributed by atoms with Crippen LogP contribution in [0.5, 0.6) is 0 Å². The summed E-state index contributed by atoms with van der Waals surface area (Å²) in [5.74, 6) is -1.54. The van der Waals surface area contributed by atoms with Gasteiger partial charge in [0.2, 0.25) is 17.4 Å². The minimum absolute atomic E-state index is 0.123. The first kappa shape index (κ1) is 23.9. The fourth-order valence-electron chi connectivity index (χ4n) is 6.19. The lowest BCUT2D eigenvalue weighted by molar-refractivity contribution is -0.156. The maximum atomic E-state index is 13.8. The molecule has 37 heavy (non-hydrogen) atoms. The average molecular weight is 506 g/mol. The van der Waals surface area contributed by atoms with Gasteiger partial charge in [-0.05, 0) is 57.7 Å². The van der Waals surface area contributed by atoms with Gasteiger partial charge in [0.15, 0.2) is 6.61 Å². The van der Waals surface area contributed by atoms with Crippen molar-refractivity contribution in [3.05, 3.63) is 52.8 Å². The van der Waals surface area contributed by atoms with E-state index in [2.05, 4.69) is 4.57 Å². The van der Waals surface area contributed by atoms with Crippen LogP contribution in [0.15, 0.2) is 30.3 Å². The lowest BCUT2D eigenvalue weighted by Gasteiger charge is -2.48. The van der Waals surface area contributed by atoms with E-state index in [1.54, 1.807) is 29.2 Å². The van der Waals surface area contributed by atoms with Crippen LogP contribution in [0, 0.1) is 13.8 Å². The zero-order valence-corrected chi connectivity index (χ0v) is 21.2. The topological polar surface area (TPSA) is 98.1 Å². The molecule has 9 heteroatoms. The summed E-state index contributed by atoms with van der Waals surface area (Å²) in [6.45, 7) is 4.82. The van der Waals surface area contributed by atoms with E-state index in [-0.39, 0.29) is 42.6 Å². The second-order valence-electron chi connectivity index (χ2n) is 10.5. The average Bonchev–Trinajstić information content (AvgIpc) is 3.34. The van der Waals surface area contributed by atoms with Crippen molar-refractivity contribution in [2.24, 2.45) is 0 Å². The monoisotopic (exact) mass is 505 g/mol. The van der Waals surface area contributed by atoms with Crippen molar-refractivity contribution in [2.45, 2.75) is 76.7 Å². The minimum Gasteiger partial charge on any atom is -0.454 e. The molecule has 4 heterocycles. The largest absolute Gasteiger partial charge is 0.454 e. The number of fused-ring (bicyclic) bond motifs is 3. The van der Waals surface area contributed by atoms with Gasteiger partial charge in [0.05, 0.1) is 17.4 Å². The Kier molecular flexibility index (Phi) is 5.71. The van der Waals surface area contributed by atoms with Crippen molar-refractivity contribution in [2.75, 3.05) is 18.1 Å². The van der Waals surface area contributed by atoms with Crippen LogP contribution in [0.3, 0.4) is 0 Å². The Balaban J connectivity index is 1.26. The molecule has 0 radical (unpaired) electrons. The number of aromatic nitrogens is 1. The molecule has 9 nitrogen and oxygen atoms in total. The highest BCUT2D eigenvalue weighted by Gasteiger charge is 2.64. The molecule has 1 aromatic carbocycles. The molecular weight excluding hydrogens is 474 g/mol. The number of hydrogen-bond acceptors (Lipinski definition) is 6. The van der Waals surface area contributed by atoms with Gasteiger partial charge in [-0.25, -0.2) is 4.79 Å². The number of hydrogen-bond donors (Lipinski definition) is 0. The summed E-state index contributed by atoms with van der Waals surface area (Å²) < 4.78 is 13.5. The van der Waals surface area contributed by atoms with E-state index in [1.165, 1.54) is 4.90 Å². The number of carbonyl (C=O) groups excluding carboxylic acids is 4. The van der Waals surface area contributed by atoms with Gasteiger partial charge in [0.25, 0.3) is 5.91 Å². The second-order valence-corrected chi connectivity index (χ2v) is 10.5. The number of nitrogens with zero attached hydrogens (tertiary/aromatic N) is 3. The lowest BCUT2D eigenvalue weighted by Crippen LogP contribution is -2.69. The number of amides is 2. The van der Waals surface area contributed by atoms with E-state index in [1.807, 2.05) is 19.9 Å². The molecule has 6 rings (SSSR count). The number of anilines is 1. The Hall–Kier alpha value is -3.46. The first-order valence-electron chi connectivity index (χ1n) is 13.1. The minimum atomic E-state index is -1.55. The van der Waals surface area contributed by atoms with Gasteiger partial charge in [-0.1, -0.05) is 12.1 Å². The third-order valence-corrected chi connectivity index (χ3v) is 8.16. The van der Waals surface area contributed by atoms with Gasteiger partial charge in [0.1, 0.15) is 0 Å². The van der Waals surface area contributed by atoms with Crippen LogP contribution >= 0.6 is 0 Å². The van der Waals surface area contributed by atoms with E-state index >= 15 is 0 Å². The first-order valence-corrected chi connectivity index (χ1v) is 13.1. The number of Topliss-reactive ketones (excluding diaryl/α,β-unsaturated/α-hetero) is 1. The van der Waals surface area contributed by atoms with Crippen molar-refractivity contribution in [3.63, 3.8) is 0 Å². The molecule has 4 aliphatic rings. The zero-order chi connectivity index (χ0) is 25.9. The SMILES string of the molecule is Cc1cc(C(=O)COC(=O)[C@]23CCC(=O)N2c2ccccc2C(=O)N3C2CC2)c(C)n1C[C@H]1CCCO1. The van der Waals surface area contributed by atoms with Gasteiger partial charge in [0, 0.05) is 49.0 Å². The molecule has 1 aliphatic carbocycles. The van der Waals surface area contributed by atoms with E-state index in [4.69, 9.17) is 9.47 Å². The molecule has 3 fully saturated rings. The number of rotatable bonds is 7. The van der Waals surface area contributed by atoms with E-state index in [9.17, 15) is 19.2 Å². The van der Waals surface area contributed by atoms with Crippen molar-refractivity contribution >= 4 is 29.3 Å². The fourth-order valence-corrected chi connectivity index (χ4v) is 6.19. The van der Waals surface area contributed by atoms with Gasteiger partial charge >= 0.3 is 5.97 Å². The highest BCUT2D eigenvalue weighted by molar-refractivity contribution is 6.16. The predicted octanol–water partition coefficient (Wildman–Crippen LogP) is 3.15. The summed E-state index contributed by atoms with van der Waals surface area (Å²) in [7, 11) is 0. The van der Waals surface area contributed by atoms with Crippen LogP contribution in [0.4, 0.5) is 5.69 Å². The maximum Gasteiger partial charge on any atom is 0.354 e. The molecule has 1 aromatic heterocycles. The molecule has 2 amide bonds. The number of esters is 1. The van der Waals surface area contributed by atoms with Crippen LogP contribution in [0.2, 0.25) is 0 Å². The highest BCUT2D eigenvalue weighted by atomic mass is 16.5. The lowest BCUT2D eigenvalue weighted by atomic mass is 9.96. The molecule has 2 saturated heterocycles. The molecule has 2 atom stereocenters. The maximum absolute atomic E-state index is 13.8. The van der Waals surface area contributed by atoms with Crippen molar-refractivity contribution in [3.8, 4) is 0 Å². The quantitative estimate of drug-likeness (QED) is 0.424. The number of benzene rings is 1. The van der Waals surface area contributed by atoms with Crippen molar-refractivity contribution < 1.29 is 28.7 Å². The Bertz CT molecular complexity index is 1300. The molecule has 0 spiro atoms. The normalized spacial score (nSPS) is 24.9. The molecular formula is C28H31N3O6. The van der Waals surface area contributed by atoms with E-state index < -0.39 is 18.2 Å². The third-order valence-electron chi connectivity index (χ3n) is 8.16. The molecule has 0 N–H and O–H groups in total. The molecule has 2 aromatic rings. The Morgan fingerprint density at radius 2 is 1.92 bits per heavy atom. The van der Waals surface area contributed by atoms with E-state index in [0.717, 1.165) is 43.7 Å². The number of para-hydroxylation sites is 1. The van der Waals surface area contributed by atoms with Gasteiger partial charge in [-0.15, -0.1) is 0 Å². The van der Waals surface area contributed by atoms with Gasteiger partial charge < -0.3 is 18.9 Å². The van der Waals surface area contributed by atoms with Crippen LogP contribution in [0.1, 0.15) is 70.6 Å². The molecule has 0 bridgehead atoms. The first-order chi connectivity index (χ1) is 17.8. The second kappa shape index (κ2) is 8.83. The number of ketones is 1. The molecule has 1 saturated carbocycles. The highest BCUT2D eigenvalue weighted by Crippen LogP contribution is 2.49. The van der Waals surface area contributed by atoms with Crippen LogP contribution in [-0.4, -0.2) is 64.1 Å². The summed E-state index contributed by atoms with van der Waals surface area (Å²) in [6.07, 6.45) is 3.97. The standard InChI is InChI=1S/C28H31N3O6/c1-17-14-22(18(2)29(17)15-20-6-5-13-36-20)24(32)16-37-27(35)28-12-11-25(33)31(28)23-8-4-3-7-21(23)26(34)30(28)19-9-10-19/h3-4,7-8,14,19-20H,5-6,9-13,15-16H2,1-2H3/t20-,28+/m1/s1. The van der Waals surface area contributed by atoms with Crippen LogP contribution < -0.4 is 4.90 Å². The smallest absolute Gasteiger partial charge is 0.354 e. The van der Waals surface area contributed by atoms with Gasteiger partial charge in [-0.2, -0.15) is 0 Å². The van der Waals surface area contributed by atoms with Crippen LogP contribution in [-0.2, 0) is 25.6 Å². The molecule has 0 unspecified atom stereocenters. The summed E-state index contributed by atoms with van der Waals surface area (Å²) >= 11 is 0. The fraction of sp³-hybridized carbons (Fsp3) is 0.500. The van der Waals surface area contributed by atoms with Crippen molar-refractivity contribution in [1.29, 1.82) is 0 Å². The third kappa shape index (κ3) is 3.70. The number of carbonyl (C=O) groups is 4. The molecule has 194 valence electrons. The van der Waals surface area contributed by atoms with Gasteiger partial charge in [-0.3, -0.25) is 19.3 Å². The van der Waals surface area contributed by atoms with Crippen molar-refractivity contribution in [1.82, 2.24) is 9.47 Å². The zero-order valence-electron chi connectivity index (χ0n) is 21.2. The van der Waals surface area contributed by atoms with E-state index in [0.29, 0.717) is 23.4 Å². The number of aryl methyl sites for hydroxylation is 1. The Morgan fingerprint density at radius 1 is 1.14 bits per heavy atom. The Morgan fingerprint density at radius 3 is 2.65 bits per heavy atom. The predicted molar refractivity (Wildman–Crippen MR) is 133 cm³/mol. The summed E-state index contributed by atoms with van der Waals surface area (Å²) in [5.41, 5.74) is 1.54. The molecule has 3 aliphatic heterocycles. The summed E-state index contributed by atoms with van der Waals surface area (Å²) in [6, 6.07) is 8.56. The summed E-state index contributed by atoms with van der Waals surface area (Å²) in [5, 5.41) is 0. The number of ether oxygens (including phenoxy) is 2. The van der Waals surface area contributed by atoms with Crippen LogP contribution in [0.25, 0.3) is 0 Å².